The molecule has 0 amide bonds. The Hall–Kier alpha value is -1.58. The second-order valence-electron chi connectivity index (χ2n) is 6.68. The number of hydrogen-bond donors (Lipinski definition) is 1. The highest BCUT2D eigenvalue weighted by Crippen LogP contribution is 2.19. The lowest BCUT2D eigenvalue weighted by atomic mass is 10.1. The minimum atomic E-state index is -1.87. The van der Waals surface area contributed by atoms with E-state index in [1.165, 1.54) is 11.1 Å². The van der Waals surface area contributed by atoms with E-state index in [-0.39, 0.29) is 0 Å². The fourth-order valence-corrected chi connectivity index (χ4v) is 3.25. The van der Waals surface area contributed by atoms with Crippen molar-refractivity contribution in [3.05, 3.63) is 58.8 Å². The van der Waals surface area contributed by atoms with E-state index < -0.39 is 8.32 Å². The number of phenolic OH excluding ortho intramolecular Hbond substituents is 1. The zero-order valence-corrected chi connectivity index (χ0v) is 16.1. The van der Waals surface area contributed by atoms with Crippen molar-refractivity contribution in [2.24, 2.45) is 0 Å². The topological polar surface area (TPSA) is 29.5 Å². The summed E-state index contributed by atoms with van der Waals surface area (Å²) in [5.41, 5.74) is 5.70. The number of allylic oxidation sites excluding steroid dienone is 3. The number of para-hydroxylation sites is 1. The predicted molar refractivity (Wildman–Crippen MR) is 103 cm³/mol. The molecule has 3 heteroatoms. The molecule has 1 aromatic rings. The number of benzene rings is 1. The fraction of sp³-hybridized carbons (Fsp3) is 0.400. The summed E-state index contributed by atoms with van der Waals surface area (Å²) in [4.78, 5) is 0. The van der Waals surface area contributed by atoms with Crippen LogP contribution < -0.4 is 0 Å². The third kappa shape index (κ3) is 8.58. The van der Waals surface area contributed by atoms with Crippen LogP contribution in [0.5, 0.6) is 5.75 Å². The molecule has 1 aromatic carbocycles. The summed E-state index contributed by atoms with van der Waals surface area (Å²) in [5, 5.41) is 9.79. The van der Waals surface area contributed by atoms with Crippen molar-refractivity contribution >= 4 is 14.4 Å². The molecular formula is C20H30O2Si. The van der Waals surface area contributed by atoms with E-state index >= 15 is 0 Å². The normalized spacial score (nSPS) is 12.7. The summed E-state index contributed by atoms with van der Waals surface area (Å²) in [7, 11) is -1.87. The van der Waals surface area contributed by atoms with Crippen molar-refractivity contribution in [2.45, 2.75) is 46.7 Å². The summed E-state index contributed by atoms with van der Waals surface area (Å²) in [6.45, 7) is 11.4. The van der Waals surface area contributed by atoms with Crippen LogP contribution in [0.1, 0.15) is 39.2 Å². The molecule has 0 aliphatic carbocycles. The van der Waals surface area contributed by atoms with Crippen molar-refractivity contribution in [3.8, 4) is 5.75 Å². The second kappa shape index (κ2) is 9.53. The van der Waals surface area contributed by atoms with Crippen LogP contribution in [0.25, 0.3) is 6.08 Å². The summed E-state index contributed by atoms with van der Waals surface area (Å²) in [6, 6.07) is 7.36. The zero-order chi connectivity index (χ0) is 17.3. The van der Waals surface area contributed by atoms with Gasteiger partial charge in [-0.2, -0.15) is 0 Å². The molecule has 0 bridgehead atoms. The predicted octanol–water partition coefficient (Wildman–Crippen LogP) is 5.86. The Kier molecular flexibility index (Phi) is 8.07. The van der Waals surface area contributed by atoms with Gasteiger partial charge in [0.1, 0.15) is 5.75 Å². The Balaban J connectivity index is 2.49. The van der Waals surface area contributed by atoms with Gasteiger partial charge in [-0.1, -0.05) is 53.3 Å². The first-order chi connectivity index (χ1) is 10.8. The van der Waals surface area contributed by atoms with Gasteiger partial charge in [0.2, 0.25) is 8.32 Å². The summed E-state index contributed by atoms with van der Waals surface area (Å²) >= 11 is 0. The van der Waals surface area contributed by atoms with Crippen molar-refractivity contribution in [2.75, 3.05) is 6.61 Å². The number of aromatic hydroxyl groups is 1. The monoisotopic (exact) mass is 330 g/mol. The number of hydrogen-bond acceptors (Lipinski definition) is 2. The maximum atomic E-state index is 9.79. The molecular weight excluding hydrogens is 300 g/mol. The molecule has 0 radical (unpaired) electrons. The standard InChI is InChI=1S/C20H30O2Si/c1-17(2)9-8-10-18(3)13-15-22-23(4,5)16-14-19-11-6-7-12-20(19)21/h6-7,9,11-14,16,21H,8,10,15H2,1-5H3/b16-14+,18-13+. The van der Waals surface area contributed by atoms with Crippen LogP contribution in [0.4, 0.5) is 0 Å². The van der Waals surface area contributed by atoms with Gasteiger partial charge in [-0.25, -0.2) is 0 Å². The van der Waals surface area contributed by atoms with E-state index in [0.717, 1.165) is 18.4 Å². The third-order valence-corrected chi connectivity index (χ3v) is 5.46. The molecule has 0 heterocycles. The first-order valence-corrected chi connectivity index (χ1v) is 11.2. The van der Waals surface area contributed by atoms with Gasteiger partial charge in [-0.15, -0.1) is 0 Å². The van der Waals surface area contributed by atoms with E-state index in [1.54, 1.807) is 6.07 Å². The highest BCUT2D eigenvalue weighted by molar-refractivity contribution is 6.76. The van der Waals surface area contributed by atoms with Crippen LogP contribution in [0, 0.1) is 0 Å². The van der Waals surface area contributed by atoms with E-state index in [1.807, 2.05) is 24.3 Å². The van der Waals surface area contributed by atoms with Crippen LogP contribution in [0.3, 0.4) is 0 Å². The van der Waals surface area contributed by atoms with Crippen LogP contribution in [0.15, 0.2) is 53.3 Å². The van der Waals surface area contributed by atoms with E-state index in [9.17, 15) is 5.11 Å². The Bertz CT molecular complexity index is 579. The van der Waals surface area contributed by atoms with Crippen LogP contribution in [-0.4, -0.2) is 20.0 Å². The van der Waals surface area contributed by atoms with Gasteiger partial charge in [-0.05, 0) is 52.8 Å². The molecule has 0 saturated carbocycles. The second-order valence-corrected chi connectivity index (χ2v) is 10.5. The molecule has 1 N–H and O–H groups in total. The lowest BCUT2D eigenvalue weighted by molar-refractivity contribution is 0.360. The van der Waals surface area contributed by atoms with Gasteiger partial charge in [0.05, 0.1) is 6.61 Å². The van der Waals surface area contributed by atoms with Crippen molar-refractivity contribution in [1.29, 1.82) is 0 Å². The maximum absolute atomic E-state index is 9.79. The van der Waals surface area contributed by atoms with Gasteiger partial charge in [0.15, 0.2) is 0 Å². The molecule has 126 valence electrons. The Morgan fingerprint density at radius 2 is 1.83 bits per heavy atom. The minimum absolute atomic E-state index is 0.309. The quantitative estimate of drug-likeness (QED) is 0.478. The molecule has 2 nitrogen and oxygen atoms in total. The highest BCUT2D eigenvalue weighted by atomic mass is 28.4. The summed E-state index contributed by atoms with van der Waals surface area (Å²) in [5.74, 6) is 0.309. The zero-order valence-electron chi connectivity index (χ0n) is 15.1. The lowest BCUT2D eigenvalue weighted by Crippen LogP contribution is -2.27. The van der Waals surface area contributed by atoms with Crippen LogP contribution in [0.2, 0.25) is 13.1 Å². The molecule has 0 aliphatic rings. The molecule has 0 saturated heterocycles. The van der Waals surface area contributed by atoms with Crippen molar-refractivity contribution in [3.63, 3.8) is 0 Å². The third-order valence-electron chi connectivity index (χ3n) is 3.58. The minimum Gasteiger partial charge on any atom is -0.507 e. The average Bonchev–Trinajstić information content (AvgIpc) is 2.46. The summed E-state index contributed by atoms with van der Waals surface area (Å²) < 4.78 is 6.07. The average molecular weight is 331 g/mol. The van der Waals surface area contributed by atoms with E-state index in [2.05, 4.69) is 51.7 Å². The summed E-state index contributed by atoms with van der Waals surface area (Å²) in [6.07, 6.45) is 8.60. The van der Waals surface area contributed by atoms with Gasteiger partial charge in [0, 0.05) is 5.56 Å². The highest BCUT2D eigenvalue weighted by Gasteiger charge is 2.17. The molecule has 0 unspecified atom stereocenters. The molecule has 0 spiro atoms. The number of rotatable bonds is 8. The molecule has 0 atom stereocenters. The van der Waals surface area contributed by atoms with Gasteiger partial charge in [0.25, 0.3) is 0 Å². The van der Waals surface area contributed by atoms with Crippen molar-refractivity contribution < 1.29 is 9.53 Å². The first-order valence-electron chi connectivity index (χ1n) is 8.20. The van der Waals surface area contributed by atoms with E-state index in [0.29, 0.717) is 12.4 Å². The van der Waals surface area contributed by atoms with E-state index in [4.69, 9.17) is 4.43 Å². The number of phenols is 1. The molecule has 23 heavy (non-hydrogen) atoms. The van der Waals surface area contributed by atoms with Crippen molar-refractivity contribution in [1.82, 2.24) is 0 Å². The Labute approximate surface area is 142 Å². The largest absolute Gasteiger partial charge is 0.507 e. The SMILES string of the molecule is CC(C)=CCC/C(C)=C/CO[Si](C)(C)/C=C/c1ccccc1O. The maximum Gasteiger partial charge on any atom is 0.211 e. The smallest absolute Gasteiger partial charge is 0.211 e. The lowest BCUT2D eigenvalue weighted by Gasteiger charge is -2.18. The molecule has 0 fully saturated rings. The Morgan fingerprint density at radius 3 is 2.48 bits per heavy atom. The van der Waals surface area contributed by atoms with Gasteiger partial charge in [-0.3, -0.25) is 0 Å². The molecule has 0 aliphatic heterocycles. The first kappa shape index (κ1) is 19.5. The van der Waals surface area contributed by atoms with Crippen LogP contribution in [-0.2, 0) is 4.43 Å². The Morgan fingerprint density at radius 1 is 1.13 bits per heavy atom. The van der Waals surface area contributed by atoms with Crippen LogP contribution >= 0.6 is 0 Å². The molecule has 1 rings (SSSR count). The van der Waals surface area contributed by atoms with Gasteiger partial charge >= 0.3 is 0 Å². The molecule has 0 aromatic heterocycles. The fourth-order valence-electron chi connectivity index (χ4n) is 2.06. The van der Waals surface area contributed by atoms with Gasteiger partial charge < -0.3 is 9.53 Å².